The molecule has 0 N–H and O–H groups in total. The van der Waals surface area contributed by atoms with E-state index in [0.717, 1.165) is 40.4 Å². The van der Waals surface area contributed by atoms with E-state index < -0.39 is 0 Å². The highest BCUT2D eigenvalue weighted by Gasteiger charge is 2.29. The first-order chi connectivity index (χ1) is 14.0. The second kappa shape index (κ2) is 7.95. The van der Waals surface area contributed by atoms with Crippen molar-refractivity contribution in [3.8, 4) is 33.2 Å². The number of rotatable bonds is 6. The van der Waals surface area contributed by atoms with E-state index >= 15 is 0 Å². The summed E-state index contributed by atoms with van der Waals surface area (Å²) in [5.74, 6) is 1.17. The number of aryl methyl sites for hydroxylation is 1. The molecule has 3 aromatic rings. The second-order valence-electron chi connectivity index (χ2n) is 7.22. The number of carbonyl (C=O) groups is 1. The quantitative estimate of drug-likeness (QED) is 0.509. The molecule has 4 rings (SSSR count). The summed E-state index contributed by atoms with van der Waals surface area (Å²) in [5, 5.41) is 2.05. The lowest BCUT2D eigenvalue weighted by atomic mass is 9.95. The highest BCUT2D eigenvalue weighted by molar-refractivity contribution is 7.13. The number of aromatic nitrogens is 1. The molecule has 0 unspecified atom stereocenters. The lowest BCUT2D eigenvalue weighted by molar-refractivity contribution is 0.0514. The first-order valence-corrected chi connectivity index (χ1v) is 10.7. The molecule has 3 heterocycles. The predicted molar refractivity (Wildman–Crippen MR) is 115 cm³/mol. The average molecular weight is 412 g/mol. The largest absolute Gasteiger partial charge is 0.493 e. The molecule has 0 aliphatic carbocycles. The van der Waals surface area contributed by atoms with Crippen molar-refractivity contribution in [2.75, 3.05) is 13.7 Å². The average Bonchev–Trinajstić information content (AvgIpc) is 3.35. The van der Waals surface area contributed by atoms with Crippen molar-refractivity contribution >= 4 is 17.3 Å². The number of hydrogen-bond acceptors (Lipinski definition) is 5. The Kier molecular flexibility index (Phi) is 5.37. The Bertz CT molecular complexity index is 1030. The third-order valence-corrected chi connectivity index (χ3v) is 5.88. The molecule has 0 saturated heterocycles. The molecule has 29 heavy (non-hydrogen) atoms. The summed E-state index contributed by atoms with van der Waals surface area (Å²) < 4.78 is 19.0. The van der Waals surface area contributed by atoms with Gasteiger partial charge in [0.1, 0.15) is 5.69 Å². The molecule has 2 aromatic heterocycles. The maximum Gasteiger partial charge on any atom is 0.354 e. The van der Waals surface area contributed by atoms with Gasteiger partial charge in [0.2, 0.25) is 0 Å². The highest BCUT2D eigenvalue weighted by atomic mass is 32.1. The molecule has 0 fully saturated rings. The van der Waals surface area contributed by atoms with E-state index in [2.05, 4.69) is 22.1 Å². The van der Waals surface area contributed by atoms with Crippen LogP contribution in [0.3, 0.4) is 0 Å². The third kappa shape index (κ3) is 3.53. The van der Waals surface area contributed by atoms with Crippen molar-refractivity contribution in [3.63, 3.8) is 0 Å². The Balaban J connectivity index is 1.94. The van der Waals surface area contributed by atoms with Crippen molar-refractivity contribution in [2.24, 2.45) is 0 Å². The first kappa shape index (κ1) is 19.6. The zero-order chi connectivity index (χ0) is 20.5. The van der Waals surface area contributed by atoms with Crippen LogP contribution in [0, 0.1) is 0 Å². The van der Waals surface area contributed by atoms with Crippen molar-refractivity contribution in [1.82, 2.24) is 4.57 Å². The van der Waals surface area contributed by atoms with Gasteiger partial charge < -0.3 is 18.8 Å². The fraction of sp³-hybridized carbons (Fsp3) is 0.348. The standard InChI is InChI=1S/C23H25NO4S/c1-5-27-23(25)18-12-17(21-7-6-10-29-21)22-16-13-20(28-14(2)3)19(26-4)11-15(16)8-9-24(18)22/h6-7,10-14H,5,8-9H2,1-4H3. The van der Waals surface area contributed by atoms with Crippen molar-refractivity contribution in [2.45, 2.75) is 39.8 Å². The van der Waals surface area contributed by atoms with Gasteiger partial charge >= 0.3 is 5.97 Å². The maximum atomic E-state index is 12.6. The normalized spacial score (nSPS) is 12.4. The van der Waals surface area contributed by atoms with E-state index in [4.69, 9.17) is 14.2 Å². The topological polar surface area (TPSA) is 49.7 Å². The molecule has 0 radical (unpaired) electrons. The molecule has 152 valence electrons. The molecule has 6 heteroatoms. The van der Waals surface area contributed by atoms with Gasteiger partial charge in [-0.2, -0.15) is 0 Å². The van der Waals surface area contributed by atoms with Crippen molar-refractivity contribution in [1.29, 1.82) is 0 Å². The number of fused-ring (bicyclic) bond motifs is 3. The van der Waals surface area contributed by atoms with Gasteiger partial charge in [-0.05, 0) is 62.4 Å². The Hall–Kier alpha value is -2.73. The molecule has 0 spiro atoms. The summed E-state index contributed by atoms with van der Waals surface area (Å²) >= 11 is 1.66. The van der Waals surface area contributed by atoms with Crippen molar-refractivity contribution < 1.29 is 19.0 Å². The molecule has 0 bridgehead atoms. The Morgan fingerprint density at radius 3 is 2.69 bits per heavy atom. The van der Waals surface area contributed by atoms with Crippen LogP contribution in [0.1, 0.15) is 36.8 Å². The number of thiophene rings is 1. The maximum absolute atomic E-state index is 12.6. The molecule has 0 amide bonds. The second-order valence-corrected chi connectivity index (χ2v) is 8.17. The van der Waals surface area contributed by atoms with Crippen LogP contribution in [0.15, 0.2) is 35.7 Å². The van der Waals surface area contributed by atoms with Crippen LogP contribution in [0.25, 0.3) is 21.7 Å². The van der Waals surface area contributed by atoms with Gasteiger partial charge in [0.25, 0.3) is 0 Å². The van der Waals surface area contributed by atoms with Crippen LogP contribution in [-0.4, -0.2) is 30.4 Å². The zero-order valence-electron chi connectivity index (χ0n) is 17.2. The molecule has 0 atom stereocenters. The lowest BCUT2D eigenvalue weighted by Gasteiger charge is -2.24. The monoisotopic (exact) mass is 411 g/mol. The van der Waals surface area contributed by atoms with Gasteiger partial charge in [-0.1, -0.05) is 6.07 Å². The third-order valence-electron chi connectivity index (χ3n) is 4.98. The number of nitrogens with zero attached hydrogens (tertiary/aromatic N) is 1. The van der Waals surface area contributed by atoms with Crippen LogP contribution in [0.4, 0.5) is 0 Å². The molecule has 5 nitrogen and oxygen atoms in total. The van der Waals surface area contributed by atoms with E-state index in [-0.39, 0.29) is 12.1 Å². The van der Waals surface area contributed by atoms with Gasteiger partial charge in [-0.3, -0.25) is 0 Å². The van der Waals surface area contributed by atoms with E-state index in [9.17, 15) is 4.79 Å². The fourth-order valence-corrected chi connectivity index (χ4v) is 4.58. The van der Waals surface area contributed by atoms with Crippen LogP contribution < -0.4 is 9.47 Å². The van der Waals surface area contributed by atoms with E-state index in [1.54, 1.807) is 18.4 Å². The number of carbonyl (C=O) groups excluding carboxylic acids is 1. The summed E-state index contributed by atoms with van der Waals surface area (Å²) in [6.07, 6.45) is 0.843. The number of hydrogen-bond donors (Lipinski definition) is 0. The minimum atomic E-state index is -0.285. The van der Waals surface area contributed by atoms with Crippen LogP contribution in [-0.2, 0) is 17.7 Å². The van der Waals surface area contributed by atoms with Crippen LogP contribution in [0.5, 0.6) is 11.5 Å². The lowest BCUT2D eigenvalue weighted by Crippen LogP contribution is -2.18. The smallest absolute Gasteiger partial charge is 0.354 e. The SMILES string of the molecule is CCOC(=O)c1cc(-c2cccs2)c2n1CCc1cc(OC)c(OC(C)C)cc1-2. The highest BCUT2D eigenvalue weighted by Crippen LogP contribution is 2.45. The van der Waals surface area contributed by atoms with E-state index in [1.807, 2.05) is 39.0 Å². The van der Waals surface area contributed by atoms with Gasteiger partial charge in [0, 0.05) is 22.5 Å². The predicted octanol–water partition coefficient (Wildman–Crippen LogP) is 5.41. The van der Waals surface area contributed by atoms with E-state index in [0.29, 0.717) is 18.1 Å². The Morgan fingerprint density at radius 1 is 1.21 bits per heavy atom. The molecule has 0 saturated carbocycles. The van der Waals surface area contributed by atoms with Gasteiger partial charge in [0.05, 0.1) is 25.5 Å². The summed E-state index contributed by atoms with van der Waals surface area (Å²) in [7, 11) is 1.66. The molecular formula is C23H25NO4S. The van der Waals surface area contributed by atoms with E-state index in [1.165, 1.54) is 5.56 Å². The molecule has 1 aromatic carbocycles. The zero-order valence-corrected chi connectivity index (χ0v) is 18.0. The molecular weight excluding hydrogens is 386 g/mol. The number of benzene rings is 1. The van der Waals surface area contributed by atoms with Gasteiger partial charge in [-0.15, -0.1) is 11.3 Å². The summed E-state index contributed by atoms with van der Waals surface area (Å²) in [4.78, 5) is 13.8. The number of methoxy groups -OCH3 is 1. The van der Waals surface area contributed by atoms with Crippen LogP contribution >= 0.6 is 11.3 Å². The minimum absolute atomic E-state index is 0.0317. The fourth-order valence-electron chi connectivity index (χ4n) is 3.83. The molecule has 1 aliphatic heterocycles. The van der Waals surface area contributed by atoms with Crippen LogP contribution in [0.2, 0.25) is 0 Å². The summed E-state index contributed by atoms with van der Waals surface area (Å²) in [6.45, 7) is 6.90. The Labute approximate surface area is 174 Å². The summed E-state index contributed by atoms with van der Waals surface area (Å²) in [5.41, 5.74) is 4.94. The van der Waals surface area contributed by atoms with Gasteiger partial charge in [-0.25, -0.2) is 4.79 Å². The summed E-state index contributed by atoms with van der Waals surface area (Å²) in [6, 6.07) is 10.2. The number of esters is 1. The molecule has 1 aliphatic rings. The minimum Gasteiger partial charge on any atom is -0.493 e. The van der Waals surface area contributed by atoms with Crippen molar-refractivity contribution in [3.05, 3.63) is 47.0 Å². The number of ether oxygens (including phenoxy) is 3. The Morgan fingerprint density at radius 2 is 2.03 bits per heavy atom. The van der Waals surface area contributed by atoms with Gasteiger partial charge in [0.15, 0.2) is 11.5 Å². The first-order valence-electron chi connectivity index (χ1n) is 9.86.